The first-order valence-corrected chi connectivity index (χ1v) is 9.57. The maximum Gasteiger partial charge on any atom is 0.220 e. The SMILES string of the molecule is CC(C)S(=O)(=O)c1ccc(CNC(=O)CCc2ccccc2)cc1. The molecule has 0 aliphatic rings. The second-order valence-electron chi connectivity index (χ2n) is 6.00. The molecule has 0 saturated carbocycles. The van der Waals surface area contributed by atoms with Crippen molar-refractivity contribution in [3.63, 3.8) is 0 Å². The Kier molecular flexibility index (Phi) is 6.15. The number of carbonyl (C=O) groups is 1. The number of hydrogen-bond donors (Lipinski definition) is 1. The van der Waals surface area contributed by atoms with E-state index in [0.717, 1.165) is 11.1 Å². The molecule has 1 amide bonds. The molecule has 0 radical (unpaired) electrons. The van der Waals surface area contributed by atoms with Crippen molar-refractivity contribution in [1.29, 1.82) is 0 Å². The summed E-state index contributed by atoms with van der Waals surface area (Å²) in [7, 11) is -3.25. The molecule has 2 rings (SSSR count). The van der Waals surface area contributed by atoms with E-state index in [1.807, 2.05) is 30.3 Å². The van der Waals surface area contributed by atoms with Gasteiger partial charge in [-0.3, -0.25) is 4.79 Å². The van der Waals surface area contributed by atoms with Gasteiger partial charge in [-0.2, -0.15) is 0 Å². The fourth-order valence-corrected chi connectivity index (χ4v) is 3.32. The molecule has 2 aromatic rings. The van der Waals surface area contributed by atoms with Gasteiger partial charge in [0.05, 0.1) is 10.1 Å². The van der Waals surface area contributed by atoms with Gasteiger partial charge in [-0.1, -0.05) is 42.5 Å². The van der Waals surface area contributed by atoms with Crippen LogP contribution in [-0.2, 0) is 27.6 Å². The van der Waals surface area contributed by atoms with Crippen LogP contribution >= 0.6 is 0 Å². The number of rotatable bonds is 7. The first-order valence-electron chi connectivity index (χ1n) is 8.03. The third-order valence-corrected chi connectivity index (χ3v) is 6.02. The van der Waals surface area contributed by atoms with Crippen LogP contribution in [0.4, 0.5) is 0 Å². The van der Waals surface area contributed by atoms with E-state index < -0.39 is 15.1 Å². The van der Waals surface area contributed by atoms with Crippen molar-refractivity contribution in [2.45, 2.75) is 43.4 Å². The Labute approximate surface area is 143 Å². The highest BCUT2D eigenvalue weighted by atomic mass is 32.2. The lowest BCUT2D eigenvalue weighted by Crippen LogP contribution is -2.23. The molecule has 0 aliphatic carbocycles. The van der Waals surface area contributed by atoms with Crippen molar-refractivity contribution in [1.82, 2.24) is 5.32 Å². The quantitative estimate of drug-likeness (QED) is 0.838. The van der Waals surface area contributed by atoms with Gasteiger partial charge in [0.1, 0.15) is 0 Å². The molecule has 0 atom stereocenters. The summed E-state index contributed by atoms with van der Waals surface area (Å²) in [5.41, 5.74) is 2.02. The molecule has 4 nitrogen and oxygen atoms in total. The van der Waals surface area contributed by atoms with Crippen LogP contribution < -0.4 is 5.32 Å². The molecule has 0 spiro atoms. The average Bonchev–Trinajstić information content (AvgIpc) is 2.59. The lowest BCUT2D eigenvalue weighted by Gasteiger charge is -2.09. The molecule has 0 bridgehead atoms. The Morgan fingerprint density at radius 3 is 2.17 bits per heavy atom. The second kappa shape index (κ2) is 8.11. The molecule has 128 valence electrons. The highest BCUT2D eigenvalue weighted by Gasteiger charge is 2.18. The predicted molar refractivity (Wildman–Crippen MR) is 95.4 cm³/mol. The molecule has 0 fully saturated rings. The van der Waals surface area contributed by atoms with Crippen LogP contribution in [0, 0.1) is 0 Å². The van der Waals surface area contributed by atoms with Crippen molar-refractivity contribution < 1.29 is 13.2 Å². The Morgan fingerprint density at radius 2 is 1.58 bits per heavy atom. The number of hydrogen-bond acceptors (Lipinski definition) is 3. The highest BCUT2D eigenvalue weighted by molar-refractivity contribution is 7.92. The van der Waals surface area contributed by atoms with Crippen molar-refractivity contribution in [2.75, 3.05) is 0 Å². The van der Waals surface area contributed by atoms with Gasteiger partial charge in [0.15, 0.2) is 9.84 Å². The van der Waals surface area contributed by atoms with Crippen LogP contribution in [0.25, 0.3) is 0 Å². The first-order chi connectivity index (χ1) is 11.4. The number of nitrogens with one attached hydrogen (secondary N) is 1. The summed E-state index contributed by atoms with van der Waals surface area (Å²) in [6.45, 7) is 3.72. The number of benzene rings is 2. The molecule has 0 saturated heterocycles. The molecule has 2 aromatic carbocycles. The molecule has 1 N–H and O–H groups in total. The summed E-state index contributed by atoms with van der Waals surface area (Å²) in [6.07, 6.45) is 1.14. The summed E-state index contributed by atoms with van der Waals surface area (Å²) < 4.78 is 24.1. The summed E-state index contributed by atoms with van der Waals surface area (Å²) in [4.78, 5) is 12.2. The van der Waals surface area contributed by atoms with Gasteiger partial charge >= 0.3 is 0 Å². The van der Waals surface area contributed by atoms with Gasteiger partial charge in [0, 0.05) is 13.0 Å². The number of sulfone groups is 1. The Hall–Kier alpha value is -2.14. The number of aryl methyl sites for hydroxylation is 1. The number of carbonyl (C=O) groups excluding carboxylic acids is 1. The highest BCUT2D eigenvalue weighted by Crippen LogP contribution is 2.16. The normalized spacial score (nSPS) is 11.5. The molecule has 0 aliphatic heterocycles. The van der Waals surface area contributed by atoms with Crippen LogP contribution in [0.1, 0.15) is 31.4 Å². The smallest absolute Gasteiger partial charge is 0.220 e. The summed E-state index contributed by atoms with van der Waals surface area (Å²) in [6, 6.07) is 16.6. The third kappa shape index (κ3) is 4.93. The molecular weight excluding hydrogens is 322 g/mol. The summed E-state index contributed by atoms with van der Waals surface area (Å²) in [5.74, 6) is -0.0160. The van der Waals surface area contributed by atoms with Crippen LogP contribution in [-0.4, -0.2) is 19.6 Å². The topological polar surface area (TPSA) is 63.2 Å². The van der Waals surface area contributed by atoms with E-state index in [9.17, 15) is 13.2 Å². The molecule has 0 heterocycles. The zero-order valence-corrected chi connectivity index (χ0v) is 14.8. The Balaban J connectivity index is 1.85. The fourth-order valence-electron chi connectivity index (χ4n) is 2.26. The minimum absolute atomic E-state index is 0.0160. The van der Waals surface area contributed by atoms with Gasteiger partial charge in [-0.05, 0) is 43.5 Å². The van der Waals surface area contributed by atoms with Gasteiger partial charge < -0.3 is 5.32 Å². The molecular formula is C19H23NO3S. The van der Waals surface area contributed by atoms with Crippen molar-refractivity contribution in [3.8, 4) is 0 Å². The first kappa shape index (κ1) is 18.2. The third-order valence-electron chi connectivity index (χ3n) is 3.85. The Bertz CT molecular complexity index is 766. The molecule has 0 aromatic heterocycles. The maximum absolute atomic E-state index is 12.1. The van der Waals surface area contributed by atoms with Crippen molar-refractivity contribution >= 4 is 15.7 Å². The van der Waals surface area contributed by atoms with Crippen LogP contribution in [0.5, 0.6) is 0 Å². The van der Waals surface area contributed by atoms with Gasteiger partial charge in [-0.15, -0.1) is 0 Å². The van der Waals surface area contributed by atoms with Gasteiger partial charge in [-0.25, -0.2) is 8.42 Å². The van der Waals surface area contributed by atoms with E-state index in [2.05, 4.69) is 5.32 Å². The summed E-state index contributed by atoms with van der Waals surface area (Å²) >= 11 is 0. The molecule has 5 heteroatoms. The monoisotopic (exact) mass is 345 g/mol. The molecule has 24 heavy (non-hydrogen) atoms. The maximum atomic E-state index is 12.1. The minimum Gasteiger partial charge on any atom is -0.352 e. The molecule has 0 unspecified atom stereocenters. The van der Waals surface area contributed by atoms with Crippen LogP contribution in [0.15, 0.2) is 59.5 Å². The van der Waals surface area contributed by atoms with E-state index in [0.29, 0.717) is 24.3 Å². The van der Waals surface area contributed by atoms with E-state index in [4.69, 9.17) is 0 Å². The Morgan fingerprint density at radius 1 is 0.958 bits per heavy atom. The van der Waals surface area contributed by atoms with E-state index >= 15 is 0 Å². The van der Waals surface area contributed by atoms with E-state index in [-0.39, 0.29) is 5.91 Å². The van der Waals surface area contributed by atoms with Gasteiger partial charge in [0.2, 0.25) is 5.91 Å². The second-order valence-corrected chi connectivity index (χ2v) is 8.50. The zero-order chi connectivity index (χ0) is 17.6. The lowest BCUT2D eigenvalue weighted by molar-refractivity contribution is -0.121. The predicted octanol–water partition coefficient (Wildman–Crippen LogP) is 3.12. The zero-order valence-electron chi connectivity index (χ0n) is 14.0. The average molecular weight is 345 g/mol. The van der Waals surface area contributed by atoms with E-state index in [1.54, 1.807) is 38.1 Å². The summed E-state index contributed by atoms with van der Waals surface area (Å²) in [5, 5.41) is 2.42. The standard InChI is InChI=1S/C19H23NO3S/c1-15(2)24(22,23)18-11-8-17(9-12-18)14-20-19(21)13-10-16-6-4-3-5-7-16/h3-9,11-12,15H,10,13-14H2,1-2H3,(H,20,21). The lowest BCUT2D eigenvalue weighted by atomic mass is 10.1. The van der Waals surface area contributed by atoms with Crippen molar-refractivity contribution in [3.05, 3.63) is 65.7 Å². The van der Waals surface area contributed by atoms with Crippen LogP contribution in [0.3, 0.4) is 0 Å². The van der Waals surface area contributed by atoms with Crippen molar-refractivity contribution in [2.24, 2.45) is 0 Å². The minimum atomic E-state index is -3.25. The van der Waals surface area contributed by atoms with Gasteiger partial charge in [0.25, 0.3) is 0 Å². The van der Waals surface area contributed by atoms with Crippen LogP contribution in [0.2, 0.25) is 0 Å². The fraction of sp³-hybridized carbons (Fsp3) is 0.316. The van der Waals surface area contributed by atoms with E-state index in [1.165, 1.54) is 0 Å². The largest absolute Gasteiger partial charge is 0.352 e. The number of amides is 1.